The third kappa shape index (κ3) is 2.45. The number of nitrogens with two attached hydrogens (primary N) is 1. The van der Waals surface area contributed by atoms with E-state index in [1.807, 2.05) is 0 Å². The van der Waals surface area contributed by atoms with Crippen molar-refractivity contribution in [3.63, 3.8) is 0 Å². The molecule has 5 nitrogen and oxygen atoms in total. The average Bonchev–Trinajstić information content (AvgIpc) is 2.51. The third-order valence-corrected chi connectivity index (χ3v) is 2.80. The summed E-state index contributed by atoms with van der Waals surface area (Å²) in [4.78, 5) is 10.8. The Kier molecular flexibility index (Phi) is 3.40. The molecule has 0 bridgehead atoms. The summed E-state index contributed by atoms with van der Waals surface area (Å²) in [6, 6.07) is 1.90. The van der Waals surface area contributed by atoms with E-state index in [2.05, 4.69) is 0 Å². The Hall–Kier alpha value is -1.46. The molecule has 1 aliphatic rings. The second kappa shape index (κ2) is 4.81. The lowest BCUT2D eigenvalue weighted by molar-refractivity contribution is -0.138. The van der Waals surface area contributed by atoms with E-state index in [9.17, 15) is 4.79 Å². The van der Waals surface area contributed by atoms with Crippen LogP contribution in [0.25, 0.3) is 0 Å². The summed E-state index contributed by atoms with van der Waals surface area (Å²) >= 11 is 5.97. The van der Waals surface area contributed by atoms with Gasteiger partial charge in [-0.05, 0) is 6.07 Å². The van der Waals surface area contributed by atoms with Crippen LogP contribution in [0, 0.1) is 0 Å². The highest BCUT2D eigenvalue weighted by molar-refractivity contribution is 6.31. The molecule has 0 aliphatic carbocycles. The van der Waals surface area contributed by atoms with Gasteiger partial charge in [-0.25, -0.2) is 0 Å². The predicted molar refractivity (Wildman–Crippen MR) is 61.6 cm³/mol. The van der Waals surface area contributed by atoms with Crippen LogP contribution in [0.15, 0.2) is 12.1 Å². The highest BCUT2D eigenvalue weighted by atomic mass is 35.5. The Morgan fingerprint density at radius 2 is 1.94 bits per heavy atom. The molecule has 6 heteroatoms. The topological polar surface area (TPSA) is 81.8 Å². The quantitative estimate of drug-likeness (QED) is 0.841. The molecule has 1 aromatic carbocycles. The van der Waals surface area contributed by atoms with Crippen LogP contribution < -0.4 is 15.2 Å². The minimum atomic E-state index is -1.17. The normalized spacial score (nSPS) is 16.1. The summed E-state index contributed by atoms with van der Waals surface area (Å²) in [6.45, 7) is 1.07. The SMILES string of the molecule is NC(C(=O)O)c1cc2c(cc1Cl)OCCCO2. The van der Waals surface area contributed by atoms with Gasteiger partial charge >= 0.3 is 5.97 Å². The van der Waals surface area contributed by atoms with E-state index in [0.717, 1.165) is 6.42 Å². The van der Waals surface area contributed by atoms with Crippen LogP contribution in [-0.4, -0.2) is 24.3 Å². The zero-order valence-electron chi connectivity index (χ0n) is 8.98. The molecular formula is C11H12ClNO4. The fourth-order valence-corrected chi connectivity index (χ4v) is 1.84. The number of carboxylic acids is 1. The van der Waals surface area contributed by atoms with E-state index in [-0.39, 0.29) is 5.02 Å². The first-order valence-electron chi connectivity index (χ1n) is 5.17. The number of carboxylic acid groups (broad SMARTS) is 1. The van der Waals surface area contributed by atoms with Crippen LogP contribution in [0.3, 0.4) is 0 Å². The maximum Gasteiger partial charge on any atom is 0.325 e. The van der Waals surface area contributed by atoms with Crippen molar-refractivity contribution in [1.29, 1.82) is 0 Å². The molecule has 1 aliphatic heterocycles. The van der Waals surface area contributed by atoms with Gasteiger partial charge in [-0.2, -0.15) is 0 Å². The summed E-state index contributed by atoms with van der Waals surface area (Å²) in [7, 11) is 0. The smallest absolute Gasteiger partial charge is 0.325 e. The molecule has 0 spiro atoms. The first-order chi connectivity index (χ1) is 8.09. The molecule has 17 heavy (non-hydrogen) atoms. The number of rotatable bonds is 2. The fraction of sp³-hybridized carbons (Fsp3) is 0.364. The van der Waals surface area contributed by atoms with Crippen molar-refractivity contribution < 1.29 is 19.4 Å². The summed E-state index contributed by atoms with van der Waals surface area (Å²) in [5, 5.41) is 9.13. The van der Waals surface area contributed by atoms with Crippen molar-refractivity contribution in [3.05, 3.63) is 22.7 Å². The Balaban J connectivity index is 2.42. The van der Waals surface area contributed by atoms with Crippen molar-refractivity contribution in [1.82, 2.24) is 0 Å². The Morgan fingerprint density at radius 1 is 1.35 bits per heavy atom. The Bertz CT molecular complexity index is 449. The number of hydrogen-bond donors (Lipinski definition) is 2. The highest BCUT2D eigenvalue weighted by Crippen LogP contribution is 2.36. The fourth-order valence-electron chi connectivity index (χ4n) is 1.57. The Labute approximate surface area is 103 Å². The van der Waals surface area contributed by atoms with Crippen LogP contribution in [0.5, 0.6) is 11.5 Å². The van der Waals surface area contributed by atoms with Crippen molar-refractivity contribution in [2.24, 2.45) is 5.73 Å². The molecule has 1 atom stereocenters. The zero-order chi connectivity index (χ0) is 12.4. The molecule has 1 heterocycles. The van der Waals surface area contributed by atoms with Crippen LogP contribution in [0.2, 0.25) is 5.02 Å². The molecule has 3 N–H and O–H groups in total. The molecular weight excluding hydrogens is 246 g/mol. The maximum atomic E-state index is 10.8. The second-order valence-corrected chi connectivity index (χ2v) is 4.09. The largest absolute Gasteiger partial charge is 0.490 e. The number of fused-ring (bicyclic) bond motifs is 1. The highest BCUT2D eigenvalue weighted by Gasteiger charge is 2.21. The first-order valence-corrected chi connectivity index (χ1v) is 5.55. The van der Waals surface area contributed by atoms with Crippen molar-refractivity contribution in [2.75, 3.05) is 13.2 Å². The van der Waals surface area contributed by atoms with Crippen molar-refractivity contribution in [2.45, 2.75) is 12.5 Å². The predicted octanol–water partition coefficient (Wildman–Crippen LogP) is 1.59. The lowest BCUT2D eigenvalue weighted by Gasteiger charge is -2.13. The number of halogens is 1. The van der Waals surface area contributed by atoms with E-state index < -0.39 is 12.0 Å². The molecule has 0 radical (unpaired) electrons. The van der Waals surface area contributed by atoms with Gasteiger partial charge in [0.15, 0.2) is 11.5 Å². The van der Waals surface area contributed by atoms with Crippen molar-refractivity contribution in [3.8, 4) is 11.5 Å². The van der Waals surface area contributed by atoms with Gasteiger partial charge in [-0.3, -0.25) is 4.79 Å². The number of hydrogen-bond acceptors (Lipinski definition) is 4. The van der Waals surface area contributed by atoms with E-state index in [0.29, 0.717) is 30.3 Å². The number of benzene rings is 1. The van der Waals surface area contributed by atoms with Crippen LogP contribution in [-0.2, 0) is 4.79 Å². The minimum Gasteiger partial charge on any atom is -0.490 e. The summed E-state index contributed by atoms with van der Waals surface area (Å²) < 4.78 is 10.9. The van der Waals surface area contributed by atoms with E-state index >= 15 is 0 Å². The van der Waals surface area contributed by atoms with Gasteiger partial charge in [0.2, 0.25) is 0 Å². The molecule has 0 saturated heterocycles. The van der Waals surface area contributed by atoms with Gasteiger partial charge in [0.25, 0.3) is 0 Å². The standard InChI is InChI=1S/C11H12ClNO4/c12-7-5-9-8(16-2-1-3-17-9)4-6(7)10(13)11(14)15/h4-5,10H,1-3,13H2,(H,14,15). The summed E-state index contributed by atoms with van der Waals surface area (Å²) in [5.41, 5.74) is 5.85. The molecule has 0 amide bonds. The zero-order valence-corrected chi connectivity index (χ0v) is 9.74. The second-order valence-electron chi connectivity index (χ2n) is 3.69. The van der Waals surface area contributed by atoms with Gasteiger partial charge in [-0.15, -0.1) is 0 Å². The average molecular weight is 258 g/mol. The molecule has 92 valence electrons. The van der Waals surface area contributed by atoms with Crippen LogP contribution in [0.1, 0.15) is 18.0 Å². The van der Waals surface area contributed by atoms with Gasteiger partial charge < -0.3 is 20.3 Å². The van der Waals surface area contributed by atoms with Crippen molar-refractivity contribution >= 4 is 17.6 Å². The number of carbonyl (C=O) groups is 1. The Morgan fingerprint density at radius 3 is 2.53 bits per heavy atom. The lowest BCUT2D eigenvalue weighted by atomic mass is 10.1. The van der Waals surface area contributed by atoms with Crippen LogP contribution >= 0.6 is 11.6 Å². The first kappa shape index (κ1) is 12.0. The minimum absolute atomic E-state index is 0.268. The molecule has 0 saturated carbocycles. The number of ether oxygens (including phenoxy) is 2. The van der Waals surface area contributed by atoms with Gasteiger partial charge in [-0.1, -0.05) is 11.6 Å². The molecule has 0 aromatic heterocycles. The summed E-state index contributed by atoms with van der Waals surface area (Å²) in [6.07, 6.45) is 0.770. The maximum absolute atomic E-state index is 10.8. The van der Waals surface area contributed by atoms with Gasteiger partial charge in [0.05, 0.1) is 13.2 Å². The van der Waals surface area contributed by atoms with E-state index in [4.69, 9.17) is 31.9 Å². The molecule has 1 aromatic rings. The molecule has 2 rings (SSSR count). The van der Waals surface area contributed by atoms with Gasteiger partial charge in [0.1, 0.15) is 6.04 Å². The third-order valence-electron chi connectivity index (χ3n) is 2.47. The monoisotopic (exact) mass is 257 g/mol. The van der Waals surface area contributed by atoms with E-state index in [1.165, 1.54) is 6.07 Å². The van der Waals surface area contributed by atoms with Crippen LogP contribution in [0.4, 0.5) is 0 Å². The van der Waals surface area contributed by atoms with Gasteiger partial charge in [0, 0.05) is 23.1 Å². The van der Waals surface area contributed by atoms with E-state index in [1.54, 1.807) is 6.07 Å². The lowest BCUT2D eigenvalue weighted by Crippen LogP contribution is -2.21. The summed E-state index contributed by atoms with van der Waals surface area (Å²) in [5.74, 6) is -0.131. The number of aliphatic carboxylic acids is 1. The molecule has 0 fully saturated rings. The molecule has 1 unspecified atom stereocenters.